The Morgan fingerprint density at radius 2 is 2.00 bits per heavy atom. The minimum Gasteiger partial charge on any atom is -0.384 e. The molecular formula is C17H29N3O. The summed E-state index contributed by atoms with van der Waals surface area (Å²) in [6.07, 6.45) is 4.39. The van der Waals surface area contributed by atoms with E-state index in [4.69, 9.17) is 4.74 Å². The Morgan fingerprint density at radius 3 is 2.52 bits per heavy atom. The molecule has 1 aromatic heterocycles. The summed E-state index contributed by atoms with van der Waals surface area (Å²) in [4.78, 5) is 7.01. The fourth-order valence-electron chi connectivity index (χ4n) is 2.64. The molecule has 0 radical (unpaired) electrons. The number of hydrogen-bond acceptors (Lipinski definition) is 4. The van der Waals surface area contributed by atoms with E-state index in [9.17, 15) is 0 Å². The lowest BCUT2D eigenvalue weighted by Gasteiger charge is -2.32. The molecule has 1 aliphatic rings. The van der Waals surface area contributed by atoms with E-state index in [1.54, 1.807) is 7.11 Å². The molecule has 0 atom stereocenters. The van der Waals surface area contributed by atoms with E-state index >= 15 is 0 Å². The summed E-state index contributed by atoms with van der Waals surface area (Å²) in [5.41, 5.74) is 1.38. The maximum absolute atomic E-state index is 5.25. The summed E-state index contributed by atoms with van der Waals surface area (Å²) in [5, 5.41) is 3.49. The van der Waals surface area contributed by atoms with Gasteiger partial charge in [-0.05, 0) is 51.2 Å². The Bertz CT molecular complexity index is 417. The minimum atomic E-state index is 0.141. The Hall–Kier alpha value is -1.13. The highest BCUT2D eigenvalue weighted by molar-refractivity contribution is 5.39. The third-order valence-corrected chi connectivity index (χ3v) is 3.97. The summed E-state index contributed by atoms with van der Waals surface area (Å²) >= 11 is 0. The molecule has 0 saturated carbocycles. The van der Waals surface area contributed by atoms with Crippen molar-refractivity contribution in [2.24, 2.45) is 5.92 Å². The highest BCUT2D eigenvalue weighted by Gasteiger charge is 2.19. The number of rotatable bonds is 5. The van der Waals surface area contributed by atoms with Crippen molar-refractivity contribution in [1.29, 1.82) is 0 Å². The van der Waals surface area contributed by atoms with E-state index in [2.05, 4.69) is 48.1 Å². The Kier molecular flexibility index (Phi) is 5.59. The Labute approximate surface area is 128 Å². The monoisotopic (exact) mass is 291 g/mol. The normalized spacial score (nSPS) is 17.2. The quantitative estimate of drug-likeness (QED) is 0.905. The lowest BCUT2D eigenvalue weighted by Crippen LogP contribution is -2.36. The van der Waals surface area contributed by atoms with E-state index in [1.807, 2.05) is 6.20 Å². The van der Waals surface area contributed by atoms with Crippen molar-refractivity contribution in [3.05, 3.63) is 23.9 Å². The molecule has 2 rings (SSSR count). The predicted molar refractivity (Wildman–Crippen MR) is 87.6 cm³/mol. The first kappa shape index (κ1) is 16.2. The molecule has 21 heavy (non-hydrogen) atoms. The van der Waals surface area contributed by atoms with Crippen LogP contribution >= 0.6 is 0 Å². The van der Waals surface area contributed by atoms with Gasteiger partial charge in [-0.2, -0.15) is 0 Å². The summed E-state index contributed by atoms with van der Waals surface area (Å²) in [6.45, 7) is 10.5. The summed E-state index contributed by atoms with van der Waals surface area (Å²) in [7, 11) is 1.79. The van der Waals surface area contributed by atoms with Crippen molar-refractivity contribution in [3.8, 4) is 0 Å². The van der Waals surface area contributed by atoms with Crippen LogP contribution in [0.25, 0.3) is 0 Å². The van der Waals surface area contributed by atoms with E-state index in [-0.39, 0.29) is 5.54 Å². The molecule has 0 aromatic carbocycles. The van der Waals surface area contributed by atoms with Gasteiger partial charge in [-0.25, -0.2) is 4.98 Å². The molecule has 0 bridgehead atoms. The van der Waals surface area contributed by atoms with Gasteiger partial charge in [-0.1, -0.05) is 6.07 Å². The zero-order valence-corrected chi connectivity index (χ0v) is 13.9. The van der Waals surface area contributed by atoms with E-state index in [1.165, 1.54) is 18.4 Å². The maximum atomic E-state index is 5.25. The molecule has 1 aliphatic heterocycles. The van der Waals surface area contributed by atoms with Crippen LogP contribution in [-0.4, -0.2) is 37.3 Å². The van der Waals surface area contributed by atoms with Gasteiger partial charge in [0, 0.05) is 45.1 Å². The summed E-state index contributed by atoms with van der Waals surface area (Å²) < 4.78 is 5.25. The zero-order valence-electron chi connectivity index (χ0n) is 13.9. The van der Waals surface area contributed by atoms with Crippen LogP contribution in [0.5, 0.6) is 0 Å². The third-order valence-electron chi connectivity index (χ3n) is 3.97. The van der Waals surface area contributed by atoms with E-state index in [0.717, 1.165) is 32.1 Å². The Balaban J connectivity index is 1.85. The predicted octanol–water partition coefficient (Wildman–Crippen LogP) is 2.83. The van der Waals surface area contributed by atoms with Crippen LogP contribution in [0.15, 0.2) is 18.3 Å². The van der Waals surface area contributed by atoms with Crippen molar-refractivity contribution >= 4 is 5.82 Å². The molecule has 4 heteroatoms. The molecular weight excluding hydrogens is 262 g/mol. The number of piperidine rings is 1. The minimum absolute atomic E-state index is 0.141. The second-order valence-electron chi connectivity index (χ2n) is 7.01. The number of nitrogens with one attached hydrogen (secondary N) is 1. The number of aromatic nitrogens is 1. The summed E-state index contributed by atoms with van der Waals surface area (Å²) in [5.74, 6) is 1.81. The fourth-order valence-corrected chi connectivity index (χ4v) is 2.64. The van der Waals surface area contributed by atoms with Gasteiger partial charge in [0.25, 0.3) is 0 Å². The van der Waals surface area contributed by atoms with Gasteiger partial charge in [0.1, 0.15) is 5.82 Å². The number of pyridine rings is 1. The molecule has 4 nitrogen and oxygen atoms in total. The van der Waals surface area contributed by atoms with Crippen LogP contribution in [0, 0.1) is 5.92 Å². The van der Waals surface area contributed by atoms with Gasteiger partial charge in [-0.15, -0.1) is 0 Å². The van der Waals surface area contributed by atoms with E-state index < -0.39 is 0 Å². The van der Waals surface area contributed by atoms with Gasteiger partial charge in [0.05, 0.1) is 0 Å². The molecule has 1 fully saturated rings. The molecule has 0 spiro atoms. The molecule has 118 valence electrons. The van der Waals surface area contributed by atoms with Crippen LogP contribution in [0.3, 0.4) is 0 Å². The molecule has 1 N–H and O–H groups in total. The lowest BCUT2D eigenvalue weighted by atomic mass is 9.98. The molecule has 0 unspecified atom stereocenters. The zero-order chi connectivity index (χ0) is 15.3. The van der Waals surface area contributed by atoms with Crippen LogP contribution in [-0.2, 0) is 11.3 Å². The summed E-state index contributed by atoms with van der Waals surface area (Å²) in [6, 6.07) is 4.33. The lowest BCUT2D eigenvalue weighted by molar-refractivity contribution is 0.139. The maximum Gasteiger partial charge on any atom is 0.128 e. The smallest absolute Gasteiger partial charge is 0.128 e. The molecule has 0 aliphatic carbocycles. The standard InChI is InChI=1S/C17H29N3O/c1-17(2,3)19-12-15-5-6-16(18-11-15)20-9-7-14(8-10-20)13-21-4/h5-6,11,14,19H,7-10,12-13H2,1-4H3. The van der Waals surface area contributed by atoms with Crippen LogP contribution in [0.4, 0.5) is 5.82 Å². The first-order chi connectivity index (χ1) is 9.98. The first-order valence-electron chi connectivity index (χ1n) is 7.92. The highest BCUT2D eigenvalue weighted by atomic mass is 16.5. The van der Waals surface area contributed by atoms with Gasteiger partial charge in [-0.3, -0.25) is 0 Å². The number of nitrogens with zero attached hydrogens (tertiary/aromatic N) is 2. The van der Waals surface area contributed by atoms with E-state index in [0.29, 0.717) is 5.92 Å². The van der Waals surface area contributed by atoms with Crippen LogP contribution in [0.2, 0.25) is 0 Å². The van der Waals surface area contributed by atoms with Crippen LogP contribution < -0.4 is 10.2 Å². The molecule has 1 saturated heterocycles. The van der Waals surface area contributed by atoms with Crippen molar-refractivity contribution in [2.75, 3.05) is 31.7 Å². The molecule has 2 heterocycles. The average Bonchev–Trinajstić information content (AvgIpc) is 2.46. The van der Waals surface area contributed by atoms with Gasteiger partial charge in [0.15, 0.2) is 0 Å². The van der Waals surface area contributed by atoms with Crippen molar-refractivity contribution < 1.29 is 4.74 Å². The highest BCUT2D eigenvalue weighted by Crippen LogP contribution is 2.22. The third kappa shape index (κ3) is 5.29. The van der Waals surface area contributed by atoms with Crippen LogP contribution in [0.1, 0.15) is 39.2 Å². The second-order valence-corrected chi connectivity index (χ2v) is 7.01. The average molecular weight is 291 g/mol. The van der Waals surface area contributed by atoms with Crippen molar-refractivity contribution in [3.63, 3.8) is 0 Å². The number of anilines is 1. The van der Waals surface area contributed by atoms with Crippen molar-refractivity contribution in [1.82, 2.24) is 10.3 Å². The van der Waals surface area contributed by atoms with Gasteiger partial charge >= 0.3 is 0 Å². The first-order valence-corrected chi connectivity index (χ1v) is 7.92. The second kappa shape index (κ2) is 7.23. The topological polar surface area (TPSA) is 37.4 Å². The number of hydrogen-bond donors (Lipinski definition) is 1. The fraction of sp³-hybridized carbons (Fsp3) is 0.706. The number of ether oxygens (including phenoxy) is 1. The van der Waals surface area contributed by atoms with Crippen molar-refractivity contribution in [2.45, 2.75) is 45.7 Å². The number of methoxy groups -OCH3 is 1. The Morgan fingerprint density at radius 1 is 1.29 bits per heavy atom. The molecule has 0 amide bonds. The van der Waals surface area contributed by atoms with Gasteiger partial charge < -0.3 is 15.0 Å². The molecule has 1 aromatic rings. The largest absolute Gasteiger partial charge is 0.384 e. The SMILES string of the molecule is COCC1CCN(c2ccc(CNC(C)(C)C)cn2)CC1. The van der Waals surface area contributed by atoms with Gasteiger partial charge in [0.2, 0.25) is 0 Å².